The van der Waals surface area contributed by atoms with Gasteiger partial charge in [0.15, 0.2) is 0 Å². The minimum absolute atomic E-state index is 0.233. The number of aromatic nitrogens is 5. The molecule has 7 nitrogen and oxygen atoms in total. The second kappa shape index (κ2) is 6.71. The summed E-state index contributed by atoms with van der Waals surface area (Å²) in [7, 11) is 0. The van der Waals surface area contributed by atoms with Gasteiger partial charge in [0.2, 0.25) is 0 Å². The molecule has 0 fully saturated rings. The van der Waals surface area contributed by atoms with Gasteiger partial charge in [0, 0.05) is 36.6 Å². The molecule has 0 saturated heterocycles. The third-order valence-corrected chi connectivity index (χ3v) is 5.11. The fourth-order valence-electron chi connectivity index (χ4n) is 2.78. The Morgan fingerprint density at radius 3 is 2.92 bits per heavy atom. The fraction of sp³-hybridized carbons (Fsp3) is 0.111. The molecule has 0 spiro atoms. The van der Waals surface area contributed by atoms with Crippen molar-refractivity contribution in [3.8, 4) is 22.7 Å². The van der Waals surface area contributed by atoms with E-state index in [-0.39, 0.29) is 12.3 Å². The Bertz CT molecular complexity index is 1160. The summed E-state index contributed by atoms with van der Waals surface area (Å²) in [6.45, 7) is 0. The third kappa shape index (κ3) is 2.79. The van der Waals surface area contributed by atoms with Gasteiger partial charge < -0.3 is 4.98 Å². The quantitative estimate of drug-likeness (QED) is 0.598. The summed E-state index contributed by atoms with van der Waals surface area (Å²) in [4.78, 5) is 21.2. The lowest BCUT2D eigenvalue weighted by molar-refractivity contribution is 0.820. The van der Waals surface area contributed by atoms with E-state index in [0.29, 0.717) is 5.56 Å². The van der Waals surface area contributed by atoms with Gasteiger partial charge in [-0.15, -0.1) is 11.3 Å². The van der Waals surface area contributed by atoms with Crippen LogP contribution in [0.2, 0.25) is 0 Å². The van der Waals surface area contributed by atoms with Crippen LogP contribution in [0.4, 0.5) is 0 Å². The van der Waals surface area contributed by atoms with E-state index in [1.54, 1.807) is 18.5 Å². The molecule has 1 N–H and O–H groups in total. The standard InChI is InChI=1S/C18H11N7S/c19-3-1-13(12-5-11(6-20)7-21-8-12)18-23-9-15(26-18)16-14-2-4-22-17(14)25-10-24-16/h2,4-5,7-10,13H,1H2,(H,22,24,25). The third-order valence-electron chi connectivity index (χ3n) is 4.00. The topological polar surface area (TPSA) is 115 Å². The number of pyridine rings is 1. The highest BCUT2D eigenvalue weighted by atomic mass is 32.1. The van der Waals surface area contributed by atoms with Crippen LogP contribution in [-0.2, 0) is 0 Å². The molecule has 4 aromatic heterocycles. The van der Waals surface area contributed by atoms with Crippen molar-refractivity contribution in [3.63, 3.8) is 0 Å². The van der Waals surface area contributed by atoms with Crippen LogP contribution in [0.25, 0.3) is 21.6 Å². The van der Waals surface area contributed by atoms with Crippen LogP contribution in [0.5, 0.6) is 0 Å². The maximum atomic E-state index is 9.24. The van der Waals surface area contributed by atoms with E-state index in [9.17, 15) is 5.26 Å². The molecule has 0 radical (unpaired) electrons. The predicted molar refractivity (Wildman–Crippen MR) is 96.0 cm³/mol. The van der Waals surface area contributed by atoms with Gasteiger partial charge in [-0.2, -0.15) is 10.5 Å². The zero-order valence-corrected chi connectivity index (χ0v) is 14.2. The molecule has 0 saturated carbocycles. The van der Waals surface area contributed by atoms with Gasteiger partial charge >= 0.3 is 0 Å². The van der Waals surface area contributed by atoms with Gasteiger partial charge in [0.05, 0.1) is 28.1 Å². The maximum absolute atomic E-state index is 9.24. The molecule has 0 aliphatic heterocycles. The second-order valence-corrected chi connectivity index (χ2v) is 6.62. The first-order valence-electron chi connectivity index (χ1n) is 7.76. The monoisotopic (exact) mass is 357 g/mol. The van der Waals surface area contributed by atoms with Gasteiger partial charge in [0.1, 0.15) is 23.1 Å². The van der Waals surface area contributed by atoms with Crippen LogP contribution < -0.4 is 0 Å². The summed E-state index contributed by atoms with van der Waals surface area (Å²) < 4.78 is 0. The lowest BCUT2D eigenvalue weighted by Crippen LogP contribution is -2.01. The van der Waals surface area contributed by atoms with Crippen molar-refractivity contribution in [2.75, 3.05) is 0 Å². The van der Waals surface area contributed by atoms with E-state index < -0.39 is 0 Å². The summed E-state index contributed by atoms with van der Waals surface area (Å²) in [5.41, 5.74) is 2.84. The zero-order chi connectivity index (χ0) is 17.9. The minimum atomic E-state index is -0.233. The fourth-order valence-corrected chi connectivity index (χ4v) is 3.83. The van der Waals surface area contributed by atoms with E-state index in [2.05, 4.69) is 37.1 Å². The van der Waals surface area contributed by atoms with E-state index in [0.717, 1.165) is 32.2 Å². The first-order chi connectivity index (χ1) is 12.8. The van der Waals surface area contributed by atoms with E-state index in [1.165, 1.54) is 23.9 Å². The summed E-state index contributed by atoms with van der Waals surface area (Å²) in [5.74, 6) is -0.233. The average Bonchev–Trinajstić information content (AvgIpc) is 3.35. The lowest BCUT2D eigenvalue weighted by atomic mass is 9.97. The zero-order valence-electron chi connectivity index (χ0n) is 13.4. The molecule has 4 rings (SSSR count). The van der Waals surface area contributed by atoms with Crippen molar-refractivity contribution >= 4 is 22.4 Å². The number of H-pyrrole nitrogens is 1. The first kappa shape index (κ1) is 15.9. The Morgan fingerprint density at radius 2 is 2.08 bits per heavy atom. The van der Waals surface area contributed by atoms with Gasteiger partial charge in [0.25, 0.3) is 0 Å². The van der Waals surface area contributed by atoms with Crippen molar-refractivity contribution < 1.29 is 0 Å². The molecule has 0 aromatic carbocycles. The average molecular weight is 357 g/mol. The number of nitrogens with one attached hydrogen (secondary N) is 1. The summed E-state index contributed by atoms with van der Waals surface area (Å²) in [6, 6.07) is 7.97. The smallest absolute Gasteiger partial charge is 0.141 e. The molecular formula is C18H11N7S. The van der Waals surface area contributed by atoms with Gasteiger partial charge in [-0.1, -0.05) is 0 Å². The number of hydrogen-bond acceptors (Lipinski definition) is 7. The van der Waals surface area contributed by atoms with Crippen molar-refractivity contribution in [3.05, 3.63) is 59.4 Å². The number of nitrogens with zero attached hydrogens (tertiary/aromatic N) is 6. The second-order valence-electron chi connectivity index (χ2n) is 5.56. The van der Waals surface area contributed by atoms with Crippen LogP contribution in [-0.4, -0.2) is 24.9 Å². The number of hydrogen-bond donors (Lipinski definition) is 1. The molecule has 4 aromatic rings. The largest absolute Gasteiger partial charge is 0.346 e. The molecular weight excluding hydrogens is 346 g/mol. The van der Waals surface area contributed by atoms with Crippen LogP contribution in [0.3, 0.4) is 0 Å². The SMILES string of the molecule is N#CCC(c1cncc(C#N)c1)c1ncc(-c2ncnc3[nH]ccc23)s1. The van der Waals surface area contributed by atoms with Gasteiger partial charge in [-0.05, 0) is 17.7 Å². The van der Waals surface area contributed by atoms with Crippen LogP contribution in [0.1, 0.15) is 28.5 Å². The summed E-state index contributed by atoms with van der Waals surface area (Å²) >= 11 is 1.48. The molecule has 0 aliphatic rings. The molecule has 0 aliphatic carbocycles. The molecule has 1 atom stereocenters. The highest BCUT2D eigenvalue weighted by Gasteiger charge is 2.20. The number of thiazole rings is 1. The summed E-state index contributed by atoms with van der Waals surface area (Å²) in [5, 5.41) is 20.0. The van der Waals surface area contributed by atoms with Gasteiger partial charge in [-0.25, -0.2) is 15.0 Å². The van der Waals surface area contributed by atoms with E-state index >= 15 is 0 Å². The van der Waals surface area contributed by atoms with Crippen molar-refractivity contribution in [2.45, 2.75) is 12.3 Å². The molecule has 0 amide bonds. The number of aromatic amines is 1. The Hall–Kier alpha value is -3.62. The molecule has 124 valence electrons. The molecule has 1 unspecified atom stereocenters. The van der Waals surface area contributed by atoms with Crippen molar-refractivity contribution in [2.24, 2.45) is 0 Å². The molecule has 8 heteroatoms. The van der Waals surface area contributed by atoms with Crippen molar-refractivity contribution in [1.29, 1.82) is 10.5 Å². The van der Waals surface area contributed by atoms with E-state index in [4.69, 9.17) is 5.26 Å². The van der Waals surface area contributed by atoms with Gasteiger partial charge in [-0.3, -0.25) is 4.98 Å². The Labute approximate surface area is 152 Å². The minimum Gasteiger partial charge on any atom is -0.346 e. The molecule has 26 heavy (non-hydrogen) atoms. The normalized spacial score (nSPS) is 11.8. The summed E-state index contributed by atoms with van der Waals surface area (Å²) in [6.07, 6.45) is 8.54. The van der Waals surface area contributed by atoms with Crippen LogP contribution in [0.15, 0.2) is 43.2 Å². The number of fused-ring (bicyclic) bond motifs is 1. The Balaban J connectivity index is 1.76. The predicted octanol–water partition coefficient (Wildman–Crippen LogP) is 3.39. The van der Waals surface area contributed by atoms with Crippen LogP contribution in [0, 0.1) is 22.7 Å². The first-order valence-corrected chi connectivity index (χ1v) is 8.58. The van der Waals surface area contributed by atoms with Crippen LogP contribution >= 0.6 is 11.3 Å². The molecule has 4 heterocycles. The van der Waals surface area contributed by atoms with E-state index in [1.807, 2.05) is 12.3 Å². The Kier molecular flexibility index (Phi) is 4.10. The highest BCUT2D eigenvalue weighted by Crippen LogP contribution is 2.36. The molecule has 0 bridgehead atoms. The lowest BCUT2D eigenvalue weighted by Gasteiger charge is -2.10. The van der Waals surface area contributed by atoms with Crippen molar-refractivity contribution in [1.82, 2.24) is 24.9 Å². The number of nitriles is 2. The highest BCUT2D eigenvalue weighted by molar-refractivity contribution is 7.15. The maximum Gasteiger partial charge on any atom is 0.141 e. The number of rotatable bonds is 4. The Morgan fingerprint density at radius 1 is 1.15 bits per heavy atom.